The Labute approximate surface area is 112 Å². The number of halogens is 1. The Kier molecular flexibility index (Phi) is 3.99. The van der Waals surface area contributed by atoms with Gasteiger partial charge in [-0.1, -0.05) is 28.9 Å². The third kappa shape index (κ3) is 2.89. The SMILES string of the molecule is CNC(Cc1cn(C)nn1)c1ccc(C)cc1Cl. The van der Waals surface area contributed by atoms with Gasteiger partial charge in [0.1, 0.15) is 0 Å². The highest BCUT2D eigenvalue weighted by molar-refractivity contribution is 6.31. The third-order valence-electron chi connectivity index (χ3n) is 2.94. The molecule has 2 rings (SSSR count). The van der Waals surface area contributed by atoms with Crippen molar-refractivity contribution in [3.63, 3.8) is 0 Å². The summed E-state index contributed by atoms with van der Waals surface area (Å²) in [4.78, 5) is 0. The van der Waals surface area contributed by atoms with Crippen molar-refractivity contribution >= 4 is 11.6 Å². The molecule has 1 unspecified atom stereocenters. The van der Waals surface area contributed by atoms with E-state index in [-0.39, 0.29) is 6.04 Å². The maximum atomic E-state index is 6.29. The Morgan fingerprint density at radius 2 is 2.22 bits per heavy atom. The number of aromatic nitrogens is 3. The number of nitrogens with one attached hydrogen (secondary N) is 1. The second-order valence-electron chi connectivity index (χ2n) is 4.45. The van der Waals surface area contributed by atoms with Gasteiger partial charge in [-0.2, -0.15) is 0 Å². The van der Waals surface area contributed by atoms with Gasteiger partial charge >= 0.3 is 0 Å². The number of likely N-dealkylation sites (N-methyl/N-ethyl adjacent to an activating group) is 1. The van der Waals surface area contributed by atoms with Gasteiger partial charge in [-0.3, -0.25) is 4.68 Å². The van der Waals surface area contributed by atoms with Gasteiger partial charge < -0.3 is 5.32 Å². The summed E-state index contributed by atoms with van der Waals surface area (Å²) in [6.07, 6.45) is 2.69. The molecule has 0 aliphatic carbocycles. The van der Waals surface area contributed by atoms with Crippen molar-refractivity contribution in [3.05, 3.63) is 46.2 Å². The van der Waals surface area contributed by atoms with Gasteiger partial charge in [-0.25, -0.2) is 0 Å². The smallest absolute Gasteiger partial charge is 0.0845 e. The van der Waals surface area contributed by atoms with E-state index in [4.69, 9.17) is 11.6 Å². The predicted molar refractivity (Wildman–Crippen MR) is 72.7 cm³/mol. The molecule has 18 heavy (non-hydrogen) atoms. The zero-order valence-electron chi connectivity index (χ0n) is 10.8. The first kappa shape index (κ1) is 13.1. The summed E-state index contributed by atoms with van der Waals surface area (Å²) >= 11 is 6.29. The fourth-order valence-corrected chi connectivity index (χ4v) is 2.35. The van der Waals surface area contributed by atoms with E-state index < -0.39 is 0 Å². The van der Waals surface area contributed by atoms with E-state index in [1.807, 2.05) is 33.3 Å². The maximum Gasteiger partial charge on any atom is 0.0845 e. The van der Waals surface area contributed by atoms with E-state index in [0.717, 1.165) is 28.3 Å². The number of nitrogens with zero attached hydrogens (tertiary/aromatic N) is 3. The van der Waals surface area contributed by atoms with Crippen LogP contribution in [0.5, 0.6) is 0 Å². The zero-order valence-corrected chi connectivity index (χ0v) is 11.6. The molecule has 0 saturated heterocycles. The van der Waals surface area contributed by atoms with Gasteiger partial charge in [0.15, 0.2) is 0 Å². The van der Waals surface area contributed by atoms with Crippen LogP contribution in [0.4, 0.5) is 0 Å². The average molecular weight is 265 g/mol. The summed E-state index contributed by atoms with van der Waals surface area (Å²) in [5.74, 6) is 0. The lowest BCUT2D eigenvalue weighted by atomic mass is 10.0. The molecule has 1 atom stereocenters. The van der Waals surface area contributed by atoms with Crippen molar-refractivity contribution < 1.29 is 0 Å². The molecule has 4 nitrogen and oxygen atoms in total. The lowest BCUT2D eigenvalue weighted by Gasteiger charge is -2.17. The lowest BCUT2D eigenvalue weighted by molar-refractivity contribution is 0.583. The van der Waals surface area contributed by atoms with Crippen molar-refractivity contribution in [1.29, 1.82) is 0 Å². The molecule has 0 aliphatic rings. The highest BCUT2D eigenvalue weighted by atomic mass is 35.5. The molecule has 0 spiro atoms. The van der Waals surface area contributed by atoms with Crippen molar-refractivity contribution in [2.75, 3.05) is 7.05 Å². The molecule has 5 heteroatoms. The van der Waals surface area contributed by atoms with E-state index in [9.17, 15) is 0 Å². The molecule has 0 aliphatic heterocycles. The number of hydrogen-bond acceptors (Lipinski definition) is 3. The van der Waals surface area contributed by atoms with E-state index >= 15 is 0 Å². The highest BCUT2D eigenvalue weighted by Gasteiger charge is 2.15. The van der Waals surface area contributed by atoms with E-state index in [1.165, 1.54) is 0 Å². The van der Waals surface area contributed by atoms with Crippen LogP contribution in [0.15, 0.2) is 24.4 Å². The van der Waals surface area contributed by atoms with Gasteiger partial charge in [0.2, 0.25) is 0 Å². The van der Waals surface area contributed by atoms with Gasteiger partial charge in [0.25, 0.3) is 0 Å². The van der Waals surface area contributed by atoms with Gasteiger partial charge in [0.05, 0.1) is 5.69 Å². The molecule has 1 aromatic heterocycles. The number of hydrogen-bond donors (Lipinski definition) is 1. The van der Waals surface area contributed by atoms with E-state index in [1.54, 1.807) is 4.68 Å². The van der Waals surface area contributed by atoms with Crippen LogP contribution in [0.2, 0.25) is 5.02 Å². The summed E-state index contributed by atoms with van der Waals surface area (Å²) in [6, 6.07) is 6.27. The molecule has 96 valence electrons. The minimum absolute atomic E-state index is 0.148. The van der Waals surface area contributed by atoms with Crippen molar-refractivity contribution in [3.8, 4) is 0 Å². The second-order valence-corrected chi connectivity index (χ2v) is 4.86. The van der Waals surface area contributed by atoms with Crippen molar-refractivity contribution in [1.82, 2.24) is 20.3 Å². The second kappa shape index (κ2) is 5.50. The summed E-state index contributed by atoms with van der Waals surface area (Å²) < 4.78 is 1.71. The number of rotatable bonds is 4. The zero-order chi connectivity index (χ0) is 13.1. The van der Waals surface area contributed by atoms with Gasteiger partial charge in [-0.15, -0.1) is 5.10 Å². The summed E-state index contributed by atoms with van der Waals surface area (Å²) in [5, 5.41) is 12.1. The van der Waals surface area contributed by atoms with Crippen LogP contribution in [-0.2, 0) is 13.5 Å². The predicted octanol–water partition coefficient (Wildman–Crippen LogP) is 2.28. The van der Waals surface area contributed by atoms with Gasteiger partial charge in [-0.05, 0) is 31.2 Å². The molecule has 1 N–H and O–H groups in total. The molecule has 1 aromatic carbocycles. The maximum absolute atomic E-state index is 6.29. The molecule has 1 heterocycles. The monoisotopic (exact) mass is 264 g/mol. The lowest BCUT2D eigenvalue weighted by Crippen LogP contribution is -2.19. The van der Waals surface area contributed by atoms with Crippen LogP contribution in [0, 0.1) is 6.92 Å². The van der Waals surface area contributed by atoms with Crippen LogP contribution in [0.1, 0.15) is 22.9 Å². The fourth-order valence-electron chi connectivity index (χ4n) is 1.98. The van der Waals surface area contributed by atoms with Crippen LogP contribution in [-0.4, -0.2) is 22.0 Å². The van der Waals surface area contributed by atoms with Crippen LogP contribution in [0.25, 0.3) is 0 Å². The minimum Gasteiger partial charge on any atom is -0.313 e. The summed E-state index contributed by atoms with van der Waals surface area (Å²) in [6.45, 7) is 2.03. The number of benzene rings is 1. The van der Waals surface area contributed by atoms with Gasteiger partial charge in [0, 0.05) is 30.7 Å². The summed E-state index contributed by atoms with van der Waals surface area (Å²) in [7, 11) is 3.79. The van der Waals surface area contributed by atoms with Crippen molar-refractivity contribution in [2.24, 2.45) is 7.05 Å². The minimum atomic E-state index is 0.148. The highest BCUT2D eigenvalue weighted by Crippen LogP contribution is 2.26. The number of aryl methyl sites for hydroxylation is 2. The standard InChI is InChI=1S/C13H17ClN4/c1-9-4-5-11(12(14)6-9)13(15-2)7-10-8-18(3)17-16-10/h4-6,8,13,15H,7H2,1-3H3. The van der Waals surface area contributed by atoms with E-state index in [2.05, 4.69) is 27.8 Å². The van der Waals surface area contributed by atoms with Crippen molar-refractivity contribution in [2.45, 2.75) is 19.4 Å². The Hall–Kier alpha value is -1.39. The first-order valence-electron chi connectivity index (χ1n) is 5.88. The molecule has 0 fully saturated rings. The topological polar surface area (TPSA) is 42.7 Å². The summed E-state index contributed by atoms with van der Waals surface area (Å²) in [5.41, 5.74) is 3.21. The quantitative estimate of drug-likeness (QED) is 0.921. The average Bonchev–Trinajstić information content (AvgIpc) is 2.72. The fraction of sp³-hybridized carbons (Fsp3) is 0.385. The molecular weight excluding hydrogens is 248 g/mol. The molecule has 0 bridgehead atoms. The largest absolute Gasteiger partial charge is 0.313 e. The van der Waals surface area contributed by atoms with E-state index in [0.29, 0.717) is 0 Å². The normalized spacial score (nSPS) is 12.7. The molecule has 0 amide bonds. The molecular formula is C13H17ClN4. The van der Waals surface area contributed by atoms with Crippen LogP contribution >= 0.6 is 11.6 Å². The molecule has 0 saturated carbocycles. The Morgan fingerprint density at radius 1 is 1.44 bits per heavy atom. The first-order chi connectivity index (χ1) is 8.60. The first-order valence-corrected chi connectivity index (χ1v) is 6.26. The molecule has 0 radical (unpaired) electrons. The van der Waals surface area contributed by atoms with Crippen LogP contribution in [0.3, 0.4) is 0 Å². The Balaban J connectivity index is 2.22. The molecule has 2 aromatic rings. The third-order valence-corrected chi connectivity index (χ3v) is 3.27. The Bertz CT molecular complexity index is 536. The Morgan fingerprint density at radius 3 is 2.78 bits per heavy atom. The van der Waals surface area contributed by atoms with Crippen LogP contribution < -0.4 is 5.32 Å².